The summed E-state index contributed by atoms with van der Waals surface area (Å²) >= 11 is 0.987. The molecule has 0 atom stereocenters. The lowest BCUT2D eigenvalue weighted by Gasteiger charge is -2.31. The van der Waals surface area contributed by atoms with Crippen LogP contribution in [0.1, 0.15) is 12.0 Å². The Hall–Kier alpha value is -1.87. The van der Waals surface area contributed by atoms with Gasteiger partial charge in [0, 0.05) is 6.54 Å². The molecule has 1 aliphatic heterocycles. The first-order valence-electron chi connectivity index (χ1n) is 7.17. The molecule has 0 spiro atoms. The van der Waals surface area contributed by atoms with Gasteiger partial charge in [0.05, 0.1) is 12.8 Å². The minimum Gasteiger partial charge on any atom is -0.487 e. The lowest BCUT2D eigenvalue weighted by Crippen LogP contribution is -2.35. The molecule has 0 radical (unpaired) electrons. The average Bonchev–Trinajstić information content (AvgIpc) is 3.04. The van der Waals surface area contributed by atoms with Crippen molar-refractivity contribution in [2.45, 2.75) is 23.7 Å². The number of hydrogen-bond acceptors (Lipinski definition) is 5. The van der Waals surface area contributed by atoms with Crippen LogP contribution in [0, 0.1) is 0 Å². The third-order valence-corrected chi connectivity index (χ3v) is 6.97. The highest BCUT2D eigenvalue weighted by Crippen LogP contribution is 2.41. The van der Waals surface area contributed by atoms with Crippen LogP contribution in [-0.2, 0) is 16.4 Å². The van der Waals surface area contributed by atoms with Crippen LogP contribution in [0.15, 0.2) is 34.5 Å². The topological polar surface area (TPSA) is 55.8 Å². The summed E-state index contributed by atoms with van der Waals surface area (Å²) in [7, 11) is -2.42. The average molecular weight is 375 g/mol. The van der Waals surface area contributed by atoms with Crippen LogP contribution in [0.5, 0.6) is 10.8 Å². The first-order chi connectivity index (χ1) is 11.4. The number of hydrogen-bond donors (Lipinski definition) is 0. The number of aryl methyl sites for hydroxylation is 1. The molecule has 0 amide bonds. The fourth-order valence-corrected chi connectivity index (χ4v) is 5.43. The van der Waals surface area contributed by atoms with Crippen molar-refractivity contribution < 1.29 is 26.7 Å². The molecule has 130 valence electrons. The van der Waals surface area contributed by atoms with E-state index < -0.39 is 16.6 Å². The molecule has 0 N–H and O–H groups in total. The van der Waals surface area contributed by atoms with Gasteiger partial charge in [-0.1, -0.05) is 23.5 Å². The smallest absolute Gasteiger partial charge is 0.387 e. The summed E-state index contributed by atoms with van der Waals surface area (Å²) < 4.78 is 62.1. The maximum absolute atomic E-state index is 13.0. The summed E-state index contributed by atoms with van der Waals surface area (Å²) in [5.41, 5.74) is 0.864. The summed E-state index contributed by atoms with van der Waals surface area (Å²) in [6.07, 6.45) is 1.21. The Morgan fingerprint density at radius 1 is 1.25 bits per heavy atom. The van der Waals surface area contributed by atoms with Crippen LogP contribution in [0.4, 0.5) is 14.5 Å². The van der Waals surface area contributed by atoms with Gasteiger partial charge < -0.3 is 9.47 Å². The SMILES string of the molecule is COc1ccc(S(=O)(=O)N2CCCc3cccc(OC(F)F)c32)s1. The highest BCUT2D eigenvalue weighted by atomic mass is 32.2. The first-order valence-corrected chi connectivity index (χ1v) is 9.42. The summed E-state index contributed by atoms with van der Waals surface area (Å²) in [4.78, 5) is 0. The lowest BCUT2D eigenvalue weighted by molar-refractivity contribution is -0.0495. The van der Waals surface area contributed by atoms with E-state index in [2.05, 4.69) is 4.74 Å². The summed E-state index contributed by atoms with van der Waals surface area (Å²) in [5, 5.41) is 0.461. The predicted molar refractivity (Wildman–Crippen MR) is 86.8 cm³/mol. The van der Waals surface area contributed by atoms with Gasteiger partial charge in [0.15, 0.2) is 10.8 Å². The number of rotatable bonds is 5. The van der Waals surface area contributed by atoms with Crippen molar-refractivity contribution >= 4 is 27.0 Å². The molecule has 0 bridgehead atoms. The molecular weight excluding hydrogens is 360 g/mol. The van der Waals surface area contributed by atoms with Crippen molar-refractivity contribution in [1.29, 1.82) is 0 Å². The van der Waals surface area contributed by atoms with Gasteiger partial charge in [-0.3, -0.25) is 4.31 Å². The minimum absolute atomic E-state index is 0.0963. The number of ether oxygens (including phenoxy) is 2. The molecule has 5 nitrogen and oxygen atoms in total. The maximum atomic E-state index is 13.0. The molecule has 2 aromatic rings. The maximum Gasteiger partial charge on any atom is 0.387 e. The molecule has 1 aromatic heterocycles. The van der Waals surface area contributed by atoms with Gasteiger partial charge in [0.2, 0.25) is 0 Å². The zero-order chi connectivity index (χ0) is 17.3. The quantitative estimate of drug-likeness (QED) is 0.803. The monoisotopic (exact) mass is 375 g/mol. The van der Waals surface area contributed by atoms with Gasteiger partial charge in [-0.2, -0.15) is 8.78 Å². The van der Waals surface area contributed by atoms with Crippen LogP contribution in [0.3, 0.4) is 0 Å². The Labute approximate surface area is 142 Å². The molecule has 0 fully saturated rings. The number of thiophene rings is 1. The number of anilines is 1. The Morgan fingerprint density at radius 2 is 2.04 bits per heavy atom. The highest BCUT2D eigenvalue weighted by Gasteiger charge is 2.33. The molecule has 9 heteroatoms. The molecule has 0 aliphatic carbocycles. The number of alkyl halides is 2. The van der Waals surface area contributed by atoms with Crippen molar-refractivity contribution in [1.82, 2.24) is 0 Å². The van der Waals surface area contributed by atoms with Crippen LogP contribution in [-0.4, -0.2) is 28.7 Å². The Balaban J connectivity index is 2.08. The standard InChI is InChI=1S/C15H15F2NO4S2/c1-21-12-7-8-13(23-12)24(19,20)18-9-3-5-10-4-2-6-11(14(10)18)22-15(16)17/h2,4,6-8,15H,3,5,9H2,1H3. The highest BCUT2D eigenvalue weighted by molar-refractivity contribution is 7.94. The molecule has 2 heterocycles. The molecule has 24 heavy (non-hydrogen) atoms. The van der Waals surface area contributed by atoms with E-state index in [9.17, 15) is 17.2 Å². The van der Waals surface area contributed by atoms with Crippen molar-refractivity contribution in [2.24, 2.45) is 0 Å². The van der Waals surface area contributed by atoms with E-state index in [4.69, 9.17) is 4.74 Å². The van der Waals surface area contributed by atoms with Gasteiger partial charge in [0.1, 0.15) is 4.21 Å². The number of benzene rings is 1. The minimum atomic E-state index is -3.88. The Kier molecular flexibility index (Phi) is 4.64. The normalized spacial score (nSPS) is 14.6. The summed E-state index contributed by atoms with van der Waals surface area (Å²) in [6.45, 7) is -2.82. The van der Waals surface area contributed by atoms with E-state index in [1.54, 1.807) is 18.2 Å². The number of fused-ring (bicyclic) bond motifs is 1. The Morgan fingerprint density at radius 3 is 2.71 bits per heavy atom. The molecule has 1 aliphatic rings. The number of halogens is 2. The second-order valence-electron chi connectivity index (χ2n) is 5.10. The number of nitrogens with zero attached hydrogens (tertiary/aromatic N) is 1. The predicted octanol–water partition coefficient (Wildman–Crippen LogP) is 3.50. The van der Waals surface area contributed by atoms with Gasteiger partial charge >= 0.3 is 6.61 Å². The lowest BCUT2D eigenvalue weighted by atomic mass is 10.0. The molecule has 3 rings (SSSR count). The van der Waals surface area contributed by atoms with Crippen LogP contribution in [0.2, 0.25) is 0 Å². The van der Waals surface area contributed by atoms with Gasteiger partial charge in [0.25, 0.3) is 10.0 Å². The second-order valence-corrected chi connectivity index (χ2v) is 8.24. The number of sulfonamides is 1. The first kappa shape index (κ1) is 17.0. The summed E-state index contributed by atoms with van der Waals surface area (Å²) in [6, 6.07) is 7.67. The fourth-order valence-electron chi connectivity index (χ4n) is 2.67. The third kappa shape index (κ3) is 3.05. The molecule has 0 saturated heterocycles. The van der Waals surface area contributed by atoms with E-state index in [0.717, 1.165) is 15.6 Å². The molecule has 1 aromatic carbocycles. The van der Waals surface area contributed by atoms with E-state index in [-0.39, 0.29) is 22.2 Å². The number of para-hydroxylation sites is 1. The zero-order valence-corrected chi connectivity index (χ0v) is 14.4. The van der Waals surface area contributed by atoms with Crippen molar-refractivity contribution in [3.63, 3.8) is 0 Å². The van der Waals surface area contributed by atoms with E-state index >= 15 is 0 Å². The number of methoxy groups -OCH3 is 1. The van der Waals surface area contributed by atoms with Crippen LogP contribution in [0.25, 0.3) is 0 Å². The molecule has 0 saturated carbocycles. The van der Waals surface area contributed by atoms with Gasteiger partial charge in [-0.25, -0.2) is 8.42 Å². The van der Waals surface area contributed by atoms with E-state index in [1.165, 1.54) is 19.2 Å². The fraction of sp³-hybridized carbons (Fsp3) is 0.333. The van der Waals surface area contributed by atoms with E-state index in [1.807, 2.05) is 0 Å². The Bertz CT molecular complexity index is 836. The van der Waals surface area contributed by atoms with Crippen molar-refractivity contribution in [3.8, 4) is 10.8 Å². The molecule has 0 unspecified atom stereocenters. The summed E-state index contributed by atoms with van der Waals surface area (Å²) in [5.74, 6) is -0.130. The van der Waals surface area contributed by atoms with Gasteiger partial charge in [-0.05, 0) is 36.6 Å². The third-order valence-electron chi connectivity index (χ3n) is 3.66. The van der Waals surface area contributed by atoms with Crippen molar-refractivity contribution in [2.75, 3.05) is 18.0 Å². The van der Waals surface area contributed by atoms with Crippen molar-refractivity contribution in [3.05, 3.63) is 35.9 Å². The second kappa shape index (κ2) is 6.56. The van der Waals surface area contributed by atoms with E-state index in [0.29, 0.717) is 23.5 Å². The zero-order valence-electron chi connectivity index (χ0n) is 12.7. The largest absolute Gasteiger partial charge is 0.487 e. The van der Waals surface area contributed by atoms with Crippen LogP contribution >= 0.6 is 11.3 Å². The van der Waals surface area contributed by atoms with Crippen LogP contribution < -0.4 is 13.8 Å². The van der Waals surface area contributed by atoms with Gasteiger partial charge in [-0.15, -0.1) is 0 Å². The molecular formula is C15H15F2NO4S2.